The molecule has 3 amide bonds. The van der Waals surface area contributed by atoms with Crippen molar-refractivity contribution < 1.29 is 23.5 Å². The summed E-state index contributed by atoms with van der Waals surface area (Å²) in [5, 5.41) is 19.8. The van der Waals surface area contributed by atoms with E-state index in [2.05, 4.69) is 129 Å². The van der Waals surface area contributed by atoms with Crippen molar-refractivity contribution in [2.75, 3.05) is 68.1 Å². The fourth-order valence-electron chi connectivity index (χ4n) is 8.77. The number of anilines is 2. The lowest BCUT2D eigenvalue weighted by molar-refractivity contribution is -0.118. The Hall–Kier alpha value is -7.43. The molecule has 0 saturated heterocycles. The van der Waals surface area contributed by atoms with Crippen LogP contribution in [-0.4, -0.2) is 95.6 Å². The zero-order chi connectivity index (χ0) is 51.1. The van der Waals surface area contributed by atoms with Gasteiger partial charge in [0.2, 0.25) is 23.1 Å². The number of aromatic nitrogens is 4. The number of fused-ring (bicyclic) bond motifs is 2. The number of unbranched alkanes of at least 4 members (excludes halogenated alkanes) is 1. The summed E-state index contributed by atoms with van der Waals surface area (Å²) in [6.45, 7) is 13.6. The number of rotatable bonds is 23. The monoisotopic (exact) mass is 1020 g/mol. The summed E-state index contributed by atoms with van der Waals surface area (Å²) in [6, 6.07) is 40.0. The molecule has 0 fully saturated rings. The molecule has 1 aliphatic carbocycles. The SMILES string of the molecule is CCN(CC)c1ccc2c(-c3ccccc3C(=O)NCCCCNC(=O)CSSCC(=O)Nc3cccc(-c4cn(Cc5ccc(-c6ccc(OC)nc6)cc5)nn4)c3)c3ccc(=[N+](CC)CC)cc-3oc2c1. The fourth-order valence-corrected chi connectivity index (χ4v) is 10.5. The van der Waals surface area contributed by atoms with Crippen LogP contribution in [0, 0.1) is 0 Å². The number of hydrogen-bond donors (Lipinski definition) is 3. The molecule has 16 heteroatoms. The van der Waals surface area contributed by atoms with E-state index in [4.69, 9.17) is 9.15 Å². The first-order valence-corrected chi connectivity index (χ1v) is 27.3. The van der Waals surface area contributed by atoms with Crippen LogP contribution in [0.4, 0.5) is 11.4 Å². The maximum atomic E-state index is 13.9. The summed E-state index contributed by atoms with van der Waals surface area (Å²) < 4.78 is 15.9. The zero-order valence-corrected chi connectivity index (χ0v) is 43.7. The van der Waals surface area contributed by atoms with Gasteiger partial charge < -0.3 is 30.0 Å². The van der Waals surface area contributed by atoms with Crippen molar-refractivity contribution in [2.45, 2.75) is 47.1 Å². The van der Waals surface area contributed by atoms with E-state index in [1.807, 2.05) is 66.9 Å². The fraction of sp³-hybridized carbons (Fsp3) is 0.281. The Bertz CT molecular complexity index is 3200. The Balaban J connectivity index is 0.772. The van der Waals surface area contributed by atoms with Crippen molar-refractivity contribution in [3.63, 3.8) is 0 Å². The Morgan fingerprint density at radius 3 is 2.23 bits per heavy atom. The first-order chi connectivity index (χ1) is 35.7. The first kappa shape index (κ1) is 51.9. The number of carbonyl (C=O) groups excluding carboxylic acids is 3. The predicted octanol–water partition coefficient (Wildman–Crippen LogP) is 9.89. The van der Waals surface area contributed by atoms with Gasteiger partial charge in [0.05, 0.1) is 37.4 Å². The minimum absolute atomic E-state index is 0.109. The van der Waals surface area contributed by atoms with Crippen LogP contribution in [0.25, 0.3) is 55.8 Å². The second kappa shape index (κ2) is 25.3. The van der Waals surface area contributed by atoms with Gasteiger partial charge in [0, 0.05) is 95.2 Å². The topological polar surface area (TPSA) is 160 Å². The maximum Gasteiger partial charge on any atom is 0.251 e. The number of pyridine rings is 1. The third kappa shape index (κ3) is 13.2. The molecule has 0 spiro atoms. The van der Waals surface area contributed by atoms with Crippen LogP contribution in [-0.2, 0) is 16.1 Å². The number of nitrogens with zero attached hydrogens (tertiary/aromatic N) is 6. The minimum Gasteiger partial charge on any atom is -0.481 e. The lowest BCUT2D eigenvalue weighted by Crippen LogP contribution is -2.29. The van der Waals surface area contributed by atoms with E-state index in [-0.39, 0.29) is 29.2 Å². The molecule has 0 atom stereocenters. The van der Waals surface area contributed by atoms with E-state index in [0.29, 0.717) is 55.3 Å². The maximum absolute atomic E-state index is 13.9. The van der Waals surface area contributed by atoms with E-state index in [1.165, 1.54) is 21.6 Å². The molecule has 4 aromatic carbocycles. The summed E-state index contributed by atoms with van der Waals surface area (Å²) in [4.78, 5) is 46.0. The van der Waals surface area contributed by atoms with Gasteiger partial charge in [-0.05, 0) is 99.7 Å². The molecule has 1 aliphatic heterocycles. The molecule has 2 aromatic heterocycles. The second-order valence-corrected chi connectivity index (χ2v) is 19.7. The number of amides is 3. The van der Waals surface area contributed by atoms with Gasteiger partial charge in [0.15, 0.2) is 0 Å². The summed E-state index contributed by atoms with van der Waals surface area (Å²) >= 11 is 0. The molecular weight excluding hydrogens is 955 g/mol. The third-order valence-corrected chi connectivity index (χ3v) is 14.8. The van der Waals surface area contributed by atoms with Crippen LogP contribution < -0.4 is 35.5 Å². The third-order valence-electron chi connectivity index (χ3n) is 12.6. The molecule has 6 aromatic rings. The van der Waals surface area contributed by atoms with Crippen LogP contribution in [0.3, 0.4) is 0 Å². The van der Waals surface area contributed by atoms with E-state index in [1.54, 1.807) is 18.0 Å². The number of nitrogens with one attached hydrogen (secondary N) is 3. The smallest absolute Gasteiger partial charge is 0.251 e. The van der Waals surface area contributed by atoms with Gasteiger partial charge in [-0.25, -0.2) is 14.2 Å². The highest BCUT2D eigenvalue weighted by Crippen LogP contribution is 2.42. The normalized spacial score (nSPS) is 11.1. The number of carbonyl (C=O) groups is 3. The molecule has 14 nitrogen and oxygen atoms in total. The Labute approximate surface area is 434 Å². The summed E-state index contributed by atoms with van der Waals surface area (Å²) in [5.41, 5.74) is 10.5. The van der Waals surface area contributed by atoms with Gasteiger partial charge in [0.1, 0.15) is 30.1 Å². The first-order valence-electron chi connectivity index (χ1n) is 24.8. The average Bonchev–Trinajstić information content (AvgIpc) is 3.89. The van der Waals surface area contributed by atoms with Crippen LogP contribution in [0.1, 0.15) is 56.5 Å². The molecule has 0 saturated carbocycles. The number of benzene rings is 5. The van der Waals surface area contributed by atoms with E-state index < -0.39 is 0 Å². The lowest BCUT2D eigenvalue weighted by Gasteiger charge is -2.22. The highest BCUT2D eigenvalue weighted by atomic mass is 33.1. The molecule has 8 rings (SSSR count). The quantitative estimate of drug-likeness (QED) is 0.0242. The van der Waals surface area contributed by atoms with Crippen molar-refractivity contribution >= 4 is 61.7 Å². The van der Waals surface area contributed by atoms with Gasteiger partial charge >= 0.3 is 0 Å². The average molecular weight is 1020 g/mol. The molecule has 3 heterocycles. The van der Waals surface area contributed by atoms with Crippen molar-refractivity contribution in [3.05, 3.63) is 150 Å². The molecule has 73 heavy (non-hydrogen) atoms. The summed E-state index contributed by atoms with van der Waals surface area (Å²) in [5.74, 6) is 1.29. The largest absolute Gasteiger partial charge is 0.481 e. The van der Waals surface area contributed by atoms with Crippen molar-refractivity contribution in [1.82, 2.24) is 35.2 Å². The summed E-state index contributed by atoms with van der Waals surface area (Å²) in [6.07, 6.45) is 5.06. The van der Waals surface area contributed by atoms with Crippen LogP contribution in [0.5, 0.6) is 5.88 Å². The Morgan fingerprint density at radius 2 is 1.49 bits per heavy atom. The van der Waals surface area contributed by atoms with E-state index in [9.17, 15) is 14.4 Å². The number of methoxy groups -OCH3 is 1. The Morgan fingerprint density at radius 1 is 0.740 bits per heavy atom. The Kier molecular flexibility index (Phi) is 18.0. The molecule has 0 bridgehead atoms. The van der Waals surface area contributed by atoms with Gasteiger partial charge in [0.25, 0.3) is 5.91 Å². The predicted molar refractivity (Wildman–Crippen MR) is 297 cm³/mol. The van der Waals surface area contributed by atoms with Crippen LogP contribution in [0.2, 0.25) is 0 Å². The zero-order valence-electron chi connectivity index (χ0n) is 42.0. The van der Waals surface area contributed by atoms with Gasteiger partial charge in [-0.3, -0.25) is 14.4 Å². The highest BCUT2D eigenvalue weighted by Gasteiger charge is 2.23. The standard InChI is InChI=1S/C57H61N9O5S2/c1-6-64(7-2)44-24-26-48-51(32-44)71-52-33-45(65(8-3)9-4)25-27-49(52)56(48)46-17-10-11-18-47(46)57(69)59-30-13-12-29-58-53(67)37-72-73-38-54(68)61-43-16-14-15-41(31-43)50-36-66(63-62-50)35-39-19-21-40(22-20-39)42-23-28-55(70-5)60-34-42/h10-11,14-28,31-34,36H,6-9,12-13,29-30,35,37-38H2,1-5H3,(H2-,58,59,61,67,68,69)/p+1. The molecule has 2 aliphatic rings. The van der Waals surface area contributed by atoms with Gasteiger partial charge in [-0.15, -0.1) is 5.10 Å². The van der Waals surface area contributed by atoms with Crippen molar-refractivity contribution in [3.8, 4) is 50.7 Å². The summed E-state index contributed by atoms with van der Waals surface area (Å²) in [7, 11) is 4.25. The number of hydrogen-bond acceptors (Lipinski definition) is 11. The van der Waals surface area contributed by atoms with Crippen LogP contribution in [0.15, 0.2) is 138 Å². The molecule has 3 N–H and O–H groups in total. The van der Waals surface area contributed by atoms with Gasteiger partial charge in [-0.2, -0.15) is 0 Å². The number of ether oxygens (including phenoxy) is 1. The second-order valence-electron chi connectivity index (χ2n) is 17.3. The highest BCUT2D eigenvalue weighted by molar-refractivity contribution is 8.77. The van der Waals surface area contributed by atoms with Crippen molar-refractivity contribution in [1.29, 1.82) is 0 Å². The molecule has 0 unspecified atom stereocenters. The molecule has 376 valence electrons. The van der Waals surface area contributed by atoms with E-state index >= 15 is 0 Å². The van der Waals surface area contributed by atoms with Crippen molar-refractivity contribution in [2.24, 2.45) is 0 Å². The van der Waals surface area contributed by atoms with Gasteiger partial charge in [-0.1, -0.05) is 81.4 Å². The molecular formula is C57H62N9O5S2+. The van der Waals surface area contributed by atoms with E-state index in [0.717, 1.165) is 92.9 Å². The van der Waals surface area contributed by atoms with Crippen LogP contribution >= 0.6 is 21.6 Å². The minimum atomic E-state index is -0.174. The lowest BCUT2D eigenvalue weighted by atomic mass is 9.90. The molecule has 0 radical (unpaired) electrons.